The third-order valence-electron chi connectivity index (χ3n) is 4.26. The summed E-state index contributed by atoms with van der Waals surface area (Å²) in [5.41, 5.74) is 1.05. The number of thiophene rings is 1. The van der Waals surface area contributed by atoms with Gasteiger partial charge in [0.1, 0.15) is 10.3 Å². The van der Waals surface area contributed by atoms with E-state index < -0.39 is 10.0 Å². The van der Waals surface area contributed by atoms with Gasteiger partial charge in [-0.15, -0.1) is 11.3 Å². The smallest absolute Gasteiger partial charge is 0.250 e. The molecule has 27 heavy (non-hydrogen) atoms. The first-order chi connectivity index (χ1) is 13.0. The van der Waals surface area contributed by atoms with E-state index in [1.807, 2.05) is 30.3 Å². The quantitative estimate of drug-likeness (QED) is 0.687. The minimum Gasteiger partial charge on any atom is -0.370 e. The number of hydrogen-bond acceptors (Lipinski definition) is 5. The zero-order chi connectivity index (χ0) is 19.3. The first-order valence-corrected chi connectivity index (χ1v) is 11.3. The maximum Gasteiger partial charge on any atom is 0.250 e. The fourth-order valence-electron chi connectivity index (χ4n) is 2.86. The Morgan fingerprint density at radius 1 is 1.26 bits per heavy atom. The number of halogens is 1. The van der Waals surface area contributed by atoms with E-state index in [1.165, 1.54) is 6.07 Å². The number of ether oxygens (including phenoxy) is 1. The van der Waals surface area contributed by atoms with E-state index in [9.17, 15) is 13.2 Å². The van der Waals surface area contributed by atoms with Crippen LogP contribution in [0.15, 0.2) is 46.7 Å². The van der Waals surface area contributed by atoms with Crippen LogP contribution in [0.1, 0.15) is 24.5 Å². The number of sulfonamides is 1. The van der Waals surface area contributed by atoms with Gasteiger partial charge in [-0.2, -0.15) is 0 Å². The largest absolute Gasteiger partial charge is 0.370 e. The Kier molecular flexibility index (Phi) is 6.88. The summed E-state index contributed by atoms with van der Waals surface area (Å²) >= 11 is 6.78. The lowest BCUT2D eigenvalue weighted by atomic mass is 10.1. The predicted molar refractivity (Wildman–Crippen MR) is 105 cm³/mol. The van der Waals surface area contributed by atoms with Gasteiger partial charge in [-0.25, -0.2) is 13.1 Å². The second-order valence-corrected chi connectivity index (χ2v) is 9.88. The molecule has 146 valence electrons. The van der Waals surface area contributed by atoms with Crippen LogP contribution in [-0.4, -0.2) is 45.5 Å². The van der Waals surface area contributed by atoms with E-state index in [0.717, 1.165) is 16.9 Å². The molecule has 0 bridgehead atoms. The van der Waals surface area contributed by atoms with Crippen LogP contribution in [0.2, 0.25) is 4.34 Å². The van der Waals surface area contributed by atoms with Gasteiger partial charge in [-0.1, -0.05) is 41.9 Å². The summed E-state index contributed by atoms with van der Waals surface area (Å²) in [7, 11) is -3.57. The summed E-state index contributed by atoms with van der Waals surface area (Å²) in [5.74, 6) is 0.0117. The monoisotopic (exact) mass is 428 g/mol. The van der Waals surface area contributed by atoms with Crippen molar-refractivity contribution in [3.8, 4) is 0 Å². The highest BCUT2D eigenvalue weighted by Crippen LogP contribution is 2.25. The molecule has 1 fully saturated rings. The van der Waals surface area contributed by atoms with Crippen LogP contribution in [0.25, 0.3) is 0 Å². The van der Waals surface area contributed by atoms with Gasteiger partial charge in [-0.3, -0.25) is 4.79 Å². The summed E-state index contributed by atoms with van der Waals surface area (Å²) in [4.78, 5) is 14.2. The molecule has 9 heteroatoms. The minimum atomic E-state index is -3.57. The van der Waals surface area contributed by atoms with Crippen molar-refractivity contribution in [2.24, 2.45) is 0 Å². The normalized spacial score (nSPS) is 17.8. The number of nitrogens with zero attached hydrogens (tertiary/aromatic N) is 1. The molecule has 1 aromatic carbocycles. The van der Waals surface area contributed by atoms with Crippen molar-refractivity contribution < 1.29 is 17.9 Å². The fraction of sp³-hybridized carbons (Fsp3) is 0.389. The topological polar surface area (TPSA) is 75.7 Å². The van der Waals surface area contributed by atoms with Crippen molar-refractivity contribution in [1.82, 2.24) is 9.62 Å². The van der Waals surface area contributed by atoms with Gasteiger partial charge in [0.25, 0.3) is 0 Å². The molecule has 1 aliphatic rings. The third kappa shape index (κ3) is 5.52. The molecule has 2 heterocycles. The molecule has 3 rings (SSSR count). The van der Waals surface area contributed by atoms with E-state index in [0.29, 0.717) is 30.5 Å². The van der Waals surface area contributed by atoms with Crippen LogP contribution >= 0.6 is 22.9 Å². The molecule has 1 amide bonds. The van der Waals surface area contributed by atoms with Crippen LogP contribution in [0.3, 0.4) is 0 Å². The Morgan fingerprint density at radius 2 is 2.04 bits per heavy atom. The second-order valence-electron chi connectivity index (χ2n) is 6.17. The molecule has 0 aliphatic carbocycles. The van der Waals surface area contributed by atoms with Gasteiger partial charge in [0.2, 0.25) is 15.9 Å². The lowest BCUT2D eigenvalue weighted by Crippen LogP contribution is -2.42. The van der Waals surface area contributed by atoms with Crippen LogP contribution in [-0.2, 0) is 19.6 Å². The zero-order valence-corrected chi connectivity index (χ0v) is 17.0. The Bertz CT molecular complexity index is 870. The number of amides is 1. The van der Waals surface area contributed by atoms with Crippen molar-refractivity contribution in [2.45, 2.75) is 23.2 Å². The molecule has 2 aromatic rings. The Morgan fingerprint density at radius 3 is 2.74 bits per heavy atom. The summed E-state index contributed by atoms with van der Waals surface area (Å²) < 4.78 is 33.1. The average Bonchev–Trinajstić information content (AvgIpc) is 3.13. The van der Waals surface area contributed by atoms with Crippen LogP contribution in [0, 0.1) is 0 Å². The number of hydrogen-bond donors (Lipinski definition) is 1. The van der Waals surface area contributed by atoms with E-state index >= 15 is 0 Å². The van der Waals surface area contributed by atoms with Gasteiger partial charge < -0.3 is 9.64 Å². The highest BCUT2D eigenvalue weighted by Gasteiger charge is 2.25. The summed E-state index contributed by atoms with van der Waals surface area (Å²) in [6.45, 7) is 1.77. The molecule has 0 spiro atoms. The first kappa shape index (κ1) is 20.3. The molecular formula is C18H21ClN2O4S2. The molecule has 1 aromatic heterocycles. The number of rotatable bonds is 7. The zero-order valence-electron chi connectivity index (χ0n) is 14.6. The number of nitrogens with one attached hydrogen (secondary N) is 1. The molecule has 6 nitrogen and oxygen atoms in total. The molecule has 1 atom stereocenters. The van der Waals surface area contributed by atoms with Gasteiger partial charge >= 0.3 is 0 Å². The molecule has 0 saturated carbocycles. The molecule has 1 saturated heterocycles. The van der Waals surface area contributed by atoms with Crippen LogP contribution < -0.4 is 4.72 Å². The third-order valence-corrected chi connectivity index (χ3v) is 7.45. The van der Waals surface area contributed by atoms with Crippen LogP contribution in [0.5, 0.6) is 0 Å². The summed E-state index contributed by atoms with van der Waals surface area (Å²) in [5, 5.41) is 0. The van der Waals surface area contributed by atoms with Crippen molar-refractivity contribution in [3.05, 3.63) is 52.4 Å². The van der Waals surface area contributed by atoms with E-state index in [2.05, 4.69) is 4.72 Å². The van der Waals surface area contributed by atoms with Gasteiger partial charge in [0, 0.05) is 19.5 Å². The van der Waals surface area contributed by atoms with Crippen LogP contribution in [0.4, 0.5) is 0 Å². The number of carbonyl (C=O) groups is 1. The molecule has 1 aliphatic heterocycles. The van der Waals surface area contributed by atoms with Gasteiger partial charge in [-0.05, 0) is 24.1 Å². The Labute approximate surface area is 168 Å². The number of benzene rings is 1. The number of carbonyl (C=O) groups excluding carboxylic acids is 1. The molecule has 1 N–H and O–H groups in total. The maximum atomic E-state index is 12.5. The minimum absolute atomic E-state index is 0.0117. The first-order valence-electron chi connectivity index (χ1n) is 8.65. The standard InChI is InChI=1S/C18H21ClN2O4S2/c19-16-8-9-18(26-16)27(23,24)20-10-4-7-17(22)21-11-12-25-15(13-21)14-5-2-1-3-6-14/h1-3,5-6,8-9,15,20H,4,7,10-13H2. The van der Waals surface area contributed by atoms with Gasteiger partial charge in [0.15, 0.2) is 0 Å². The average molecular weight is 429 g/mol. The fourth-order valence-corrected chi connectivity index (χ4v) is 5.46. The van der Waals surface area contributed by atoms with Crippen molar-refractivity contribution >= 4 is 38.9 Å². The number of morpholine rings is 1. The van der Waals surface area contributed by atoms with Crippen molar-refractivity contribution in [2.75, 3.05) is 26.2 Å². The lowest BCUT2D eigenvalue weighted by Gasteiger charge is -2.33. The summed E-state index contributed by atoms with van der Waals surface area (Å²) in [6, 6.07) is 12.8. The highest BCUT2D eigenvalue weighted by atomic mass is 35.5. The maximum absolute atomic E-state index is 12.5. The lowest BCUT2D eigenvalue weighted by molar-refractivity contribution is -0.139. The second kappa shape index (κ2) is 9.16. The molecule has 0 radical (unpaired) electrons. The Hall–Kier alpha value is -1.45. The van der Waals surface area contributed by atoms with E-state index in [-0.39, 0.29) is 29.2 Å². The van der Waals surface area contributed by atoms with Crippen molar-refractivity contribution in [1.29, 1.82) is 0 Å². The van der Waals surface area contributed by atoms with Gasteiger partial charge in [0.05, 0.1) is 17.5 Å². The van der Waals surface area contributed by atoms with E-state index in [1.54, 1.807) is 11.0 Å². The molecule has 1 unspecified atom stereocenters. The Balaban J connectivity index is 1.45. The predicted octanol–water partition coefficient (Wildman–Crippen LogP) is 3.06. The van der Waals surface area contributed by atoms with E-state index in [4.69, 9.17) is 16.3 Å². The summed E-state index contributed by atoms with van der Waals surface area (Å²) in [6.07, 6.45) is 0.603. The SMILES string of the molecule is O=C(CCCNS(=O)(=O)c1ccc(Cl)s1)N1CCOC(c2ccccc2)C1. The van der Waals surface area contributed by atoms with Crippen molar-refractivity contribution in [3.63, 3.8) is 0 Å². The highest BCUT2D eigenvalue weighted by molar-refractivity contribution is 7.91. The molecular weight excluding hydrogens is 408 g/mol.